The predicted octanol–water partition coefficient (Wildman–Crippen LogP) is 0.770. The molecule has 0 radical (unpaired) electrons. The first-order chi connectivity index (χ1) is 6.20. The molecule has 2 atom stereocenters. The first kappa shape index (κ1) is 13.1. The average Bonchev–Trinajstić information content (AvgIpc) is 2.14. The smallest absolute Gasteiger partial charge is 0.0476 e. The van der Waals surface area contributed by atoms with Crippen LogP contribution in [0, 0.1) is 0 Å². The molecule has 0 aliphatic carbocycles. The van der Waals surface area contributed by atoms with Crippen LogP contribution in [0.25, 0.3) is 0 Å². The summed E-state index contributed by atoms with van der Waals surface area (Å²) < 4.78 is 16.0. The number of rotatable bonds is 8. The standard InChI is InChI=1S/C9H21NO2S/c1-4-13(11)8-6-10-9(2)5-7-12-3/h9-10H,4-8H2,1-3H3. The van der Waals surface area contributed by atoms with E-state index in [2.05, 4.69) is 12.2 Å². The fourth-order valence-electron chi connectivity index (χ4n) is 0.960. The normalized spacial score (nSPS) is 15.6. The van der Waals surface area contributed by atoms with Crippen LogP contribution in [-0.2, 0) is 15.5 Å². The minimum absolute atomic E-state index is 0.453. The number of hydrogen-bond donors (Lipinski definition) is 1. The Balaban J connectivity index is 3.26. The van der Waals surface area contributed by atoms with E-state index in [0.717, 1.165) is 31.1 Å². The SMILES string of the molecule is CCS(=O)CCNC(C)CCOC. The Labute approximate surface area is 83.7 Å². The third-order valence-corrected chi connectivity index (χ3v) is 3.20. The van der Waals surface area contributed by atoms with E-state index in [4.69, 9.17) is 4.74 Å². The Morgan fingerprint density at radius 2 is 2.23 bits per heavy atom. The van der Waals surface area contributed by atoms with Gasteiger partial charge in [0, 0.05) is 48.6 Å². The number of ether oxygens (including phenoxy) is 1. The third kappa shape index (κ3) is 8.40. The summed E-state index contributed by atoms with van der Waals surface area (Å²) >= 11 is 0. The molecule has 0 aromatic carbocycles. The highest BCUT2D eigenvalue weighted by Crippen LogP contribution is 1.90. The Hall–Kier alpha value is 0.0700. The van der Waals surface area contributed by atoms with Gasteiger partial charge in [-0.25, -0.2) is 0 Å². The molecule has 2 unspecified atom stereocenters. The Morgan fingerprint density at radius 3 is 2.77 bits per heavy atom. The molecule has 0 aromatic rings. The van der Waals surface area contributed by atoms with E-state index in [9.17, 15) is 4.21 Å². The Bertz CT molecular complexity index is 142. The molecule has 3 nitrogen and oxygen atoms in total. The third-order valence-electron chi connectivity index (χ3n) is 1.90. The summed E-state index contributed by atoms with van der Waals surface area (Å²) in [5, 5.41) is 3.31. The van der Waals surface area contributed by atoms with Gasteiger partial charge in [-0.3, -0.25) is 4.21 Å². The molecular formula is C9H21NO2S. The lowest BCUT2D eigenvalue weighted by atomic mass is 10.2. The van der Waals surface area contributed by atoms with Crippen molar-refractivity contribution in [3.05, 3.63) is 0 Å². The fourth-order valence-corrected chi connectivity index (χ4v) is 1.59. The quantitative estimate of drug-likeness (QED) is 0.639. The van der Waals surface area contributed by atoms with Crippen molar-refractivity contribution in [3.8, 4) is 0 Å². The van der Waals surface area contributed by atoms with Crippen molar-refractivity contribution < 1.29 is 8.95 Å². The Morgan fingerprint density at radius 1 is 1.54 bits per heavy atom. The molecule has 0 fully saturated rings. The Kier molecular flexibility index (Phi) is 8.71. The molecule has 0 rings (SSSR count). The molecule has 0 aliphatic rings. The van der Waals surface area contributed by atoms with Crippen LogP contribution < -0.4 is 5.32 Å². The molecule has 4 heteroatoms. The second-order valence-electron chi connectivity index (χ2n) is 3.07. The molecule has 13 heavy (non-hydrogen) atoms. The van der Waals surface area contributed by atoms with E-state index in [1.807, 2.05) is 6.92 Å². The lowest BCUT2D eigenvalue weighted by Crippen LogP contribution is -2.30. The highest BCUT2D eigenvalue weighted by Gasteiger charge is 2.01. The molecule has 0 heterocycles. The largest absolute Gasteiger partial charge is 0.385 e. The minimum atomic E-state index is -0.643. The zero-order chi connectivity index (χ0) is 10.1. The molecule has 0 aliphatic heterocycles. The van der Waals surface area contributed by atoms with Gasteiger partial charge in [-0.05, 0) is 13.3 Å². The van der Waals surface area contributed by atoms with E-state index in [1.54, 1.807) is 7.11 Å². The number of nitrogens with one attached hydrogen (secondary N) is 1. The second kappa shape index (κ2) is 8.66. The highest BCUT2D eigenvalue weighted by atomic mass is 32.2. The summed E-state index contributed by atoms with van der Waals surface area (Å²) in [6.07, 6.45) is 1.01. The van der Waals surface area contributed by atoms with E-state index in [1.165, 1.54) is 0 Å². The maximum absolute atomic E-state index is 11.1. The van der Waals surface area contributed by atoms with Gasteiger partial charge in [-0.1, -0.05) is 6.92 Å². The van der Waals surface area contributed by atoms with E-state index >= 15 is 0 Å². The summed E-state index contributed by atoms with van der Waals surface area (Å²) in [6.45, 7) is 5.69. The van der Waals surface area contributed by atoms with Gasteiger partial charge < -0.3 is 10.1 Å². The lowest BCUT2D eigenvalue weighted by molar-refractivity contribution is 0.185. The van der Waals surface area contributed by atoms with Crippen LogP contribution >= 0.6 is 0 Å². The van der Waals surface area contributed by atoms with Crippen molar-refractivity contribution in [2.24, 2.45) is 0 Å². The zero-order valence-corrected chi connectivity index (χ0v) is 9.65. The van der Waals surface area contributed by atoms with Gasteiger partial charge in [0.2, 0.25) is 0 Å². The van der Waals surface area contributed by atoms with Crippen LogP contribution in [0.4, 0.5) is 0 Å². The van der Waals surface area contributed by atoms with Crippen molar-refractivity contribution in [3.63, 3.8) is 0 Å². The topological polar surface area (TPSA) is 38.3 Å². The maximum atomic E-state index is 11.1. The van der Waals surface area contributed by atoms with Crippen molar-refractivity contribution in [2.75, 3.05) is 31.8 Å². The van der Waals surface area contributed by atoms with Crippen LogP contribution in [0.15, 0.2) is 0 Å². The summed E-state index contributed by atoms with van der Waals surface area (Å²) in [7, 11) is 1.06. The van der Waals surface area contributed by atoms with Gasteiger partial charge in [0.25, 0.3) is 0 Å². The molecule has 1 N–H and O–H groups in total. The molecule has 0 saturated heterocycles. The molecule has 0 bridgehead atoms. The van der Waals surface area contributed by atoms with Crippen molar-refractivity contribution >= 4 is 10.8 Å². The van der Waals surface area contributed by atoms with Crippen molar-refractivity contribution in [1.29, 1.82) is 0 Å². The number of methoxy groups -OCH3 is 1. The van der Waals surface area contributed by atoms with Gasteiger partial charge >= 0.3 is 0 Å². The second-order valence-corrected chi connectivity index (χ2v) is 4.93. The van der Waals surface area contributed by atoms with Gasteiger partial charge in [0.05, 0.1) is 0 Å². The summed E-state index contributed by atoms with van der Waals surface area (Å²) in [5.41, 5.74) is 0. The van der Waals surface area contributed by atoms with Crippen molar-refractivity contribution in [2.45, 2.75) is 26.3 Å². The van der Waals surface area contributed by atoms with E-state index in [-0.39, 0.29) is 0 Å². The summed E-state index contributed by atoms with van der Waals surface area (Å²) in [4.78, 5) is 0. The van der Waals surface area contributed by atoms with Gasteiger partial charge in [0.15, 0.2) is 0 Å². The first-order valence-corrected chi connectivity index (χ1v) is 6.26. The van der Waals surface area contributed by atoms with Gasteiger partial charge in [-0.2, -0.15) is 0 Å². The fraction of sp³-hybridized carbons (Fsp3) is 1.00. The van der Waals surface area contributed by atoms with Crippen molar-refractivity contribution in [1.82, 2.24) is 5.32 Å². The van der Waals surface area contributed by atoms with E-state index < -0.39 is 10.8 Å². The van der Waals surface area contributed by atoms with Gasteiger partial charge in [0.1, 0.15) is 0 Å². The first-order valence-electron chi connectivity index (χ1n) is 4.78. The van der Waals surface area contributed by atoms with Crippen LogP contribution in [0.3, 0.4) is 0 Å². The van der Waals surface area contributed by atoms with Crippen LogP contribution in [0.5, 0.6) is 0 Å². The molecular weight excluding hydrogens is 186 g/mol. The molecule has 80 valence electrons. The average molecular weight is 207 g/mol. The van der Waals surface area contributed by atoms with E-state index in [0.29, 0.717) is 6.04 Å². The maximum Gasteiger partial charge on any atom is 0.0476 e. The highest BCUT2D eigenvalue weighted by molar-refractivity contribution is 7.84. The number of hydrogen-bond acceptors (Lipinski definition) is 3. The molecule has 0 saturated carbocycles. The molecule has 0 amide bonds. The molecule has 0 aromatic heterocycles. The minimum Gasteiger partial charge on any atom is -0.385 e. The predicted molar refractivity (Wildman–Crippen MR) is 57.5 cm³/mol. The summed E-state index contributed by atoms with van der Waals surface area (Å²) in [6, 6.07) is 0.453. The lowest BCUT2D eigenvalue weighted by Gasteiger charge is -2.12. The molecule has 0 spiro atoms. The van der Waals surface area contributed by atoms with Crippen LogP contribution in [0.1, 0.15) is 20.3 Å². The van der Waals surface area contributed by atoms with Crippen LogP contribution in [-0.4, -0.2) is 42.0 Å². The van der Waals surface area contributed by atoms with Crippen LogP contribution in [0.2, 0.25) is 0 Å². The monoisotopic (exact) mass is 207 g/mol. The zero-order valence-electron chi connectivity index (χ0n) is 8.84. The summed E-state index contributed by atoms with van der Waals surface area (Å²) in [5.74, 6) is 1.52. The van der Waals surface area contributed by atoms with Gasteiger partial charge in [-0.15, -0.1) is 0 Å².